The molecule has 0 aliphatic rings. The lowest BCUT2D eigenvalue weighted by Gasteiger charge is -2.03. The van der Waals surface area contributed by atoms with Gasteiger partial charge in [0.05, 0.1) is 13.5 Å². The number of nitrogens with zero attached hydrogens (tertiary/aromatic N) is 2. The standard InChI is InChI=1S/C12H13ClN2O2/c1-8-7-15(6-5-11(16)17-2)12-9(8)3-4-10(13)14-12/h3-4,7H,5-6H2,1-2H3. The first-order valence-electron chi connectivity index (χ1n) is 5.30. The van der Waals surface area contributed by atoms with Gasteiger partial charge in [-0.15, -0.1) is 0 Å². The molecule has 2 heterocycles. The third-order valence-corrected chi connectivity index (χ3v) is 2.88. The number of pyridine rings is 1. The summed E-state index contributed by atoms with van der Waals surface area (Å²) < 4.78 is 6.54. The van der Waals surface area contributed by atoms with Crippen LogP contribution in [-0.4, -0.2) is 22.6 Å². The average Bonchev–Trinajstić information content (AvgIpc) is 2.62. The van der Waals surface area contributed by atoms with E-state index in [1.807, 2.05) is 23.8 Å². The molecule has 2 aromatic rings. The van der Waals surface area contributed by atoms with Crippen LogP contribution in [0, 0.1) is 6.92 Å². The van der Waals surface area contributed by atoms with Crippen molar-refractivity contribution in [1.29, 1.82) is 0 Å². The molecule has 0 aromatic carbocycles. The van der Waals surface area contributed by atoms with Gasteiger partial charge in [-0.2, -0.15) is 0 Å². The molecule has 0 N–H and O–H groups in total. The number of hydrogen-bond acceptors (Lipinski definition) is 3. The number of halogens is 1. The van der Waals surface area contributed by atoms with E-state index in [0.717, 1.165) is 16.6 Å². The van der Waals surface area contributed by atoms with Gasteiger partial charge in [0.15, 0.2) is 0 Å². The van der Waals surface area contributed by atoms with Crippen molar-refractivity contribution in [2.75, 3.05) is 7.11 Å². The molecule has 17 heavy (non-hydrogen) atoms. The zero-order chi connectivity index (χ0) is 12.4. The number of aromatic nitrogens is 2. The van der Waals surface area contributed by atoms with E-state index < -0.39 is 0 Å². The molecular formula is C12H13ClN2O2. The van der Waals surface area contributed by atoms with Crippen LogP contribution in [0.4, 0.5) is 0 Å². The highest BCUT2D eigenvalue weighted by Gasteiger charge is 2.09. The molecule has 0 saturated heterocycles. The van der Waals surface area contributed by atoms with Crippen molar-refractivity contribution < 1.29 is 9.53 Å². The van der Waals surface area contributed by atoms with E-state index in [2.05, 4.69) is 9.72 Å². The summed E-state index contributed by atoms with van der Waals surface area (Å²) in [6, 6.07) is 3.70. The third kappa shape index (κ3) is 2.42. The van der Waals surface area contributed by atoms with Gasteiger partial charge < -0.3 is 9.30 Å². The molecule has 0 unspecified atom stereocenters. The van der Waals surface area contributed by atoms with Gasteiger partial charge in [-0.05, 0) is 24.6 Å². The number of carbonyl (C=O) groups excluding carboxylic acids is 1. The molecule has 0 aliphatic carbocycles. The van der Waals surface area contributed by atoms with Gasteiger partial charge in [-0.3, -0.25) is 4.79 Å². The monoisotopic (exact) mass is 252 g/mol. The lowest BCUT2D eigenvalue weighted by molar-refractivity contribution is -0.140. The number of rotatable bonds is 3. The maximum Gasteiger partial charge on any atom is 0.307 e. The Morgan fingerprint density at radius 1 is 1.53 bits per heavy atom. The molecule has 0 amide bonds. The minimum absolute atomic E-state index is 0.230. The van der Waals surface area contributed by atoms with E-state index in [9.17, 15) is 4.79 Å². The van der Waals surface area contributed by atoms with Crippen molar-refractivity contribution in [3.05, 3.63) is 29.0 Å². The second-order valence-corrected chi connectivity index (χ2v) is 4.22. The molecule has 0 aliphatic heterocycles. The topological polar surface area (TPSA) is 44.1 Å². The number of hydrogen-bond donors (Lipinski definition) is 0. The number of ether oxygens (including phenoxy) is 1. The predicted octanol–water partition coefficient (Wildman–Crippen LogP) is 2.56. The normalized spacial score (nSPS) is 10.8. The fourth-order valence-corrected chi connectivity index (χ4v) is 1.94. The van der Waals surface area contributed by atoms with Crippen molar-refractivity contribution in [3.63, 3.8) is 0 Å². The van der Waals surface area contributed by atoms with Crippen LogP contribution in [0.2, 0.25) is 5.15 Å². The minimum Gasteiger partial charge on any atom is -0.469 e. The summed E-state index contributed by atoms with van der Waals surface area (Å²) in [5, 5.41) is 1.51. The number of methoxy groups -OCH3 is 1. The van der Waals surface area contributed by atoms with Crippen molar-refractivity contribution in [1.82, 2.24) is 9.55 Å². The summed E-state index contributed by atoms with van der Waals surface area (Å²) in [4.78, 5) is 15.4. The molecule has 90 valence electrons. The largest absolute Gasteiger partial charge is 0.469 e. The van der Waals surface area contributed by atoms with Gasteiger partial charge in [0.1, 0.15) is 10.8 Å². The predicted molar refractivity (Wildman–Crippen MR) is 66.1 cm³/mol. The van der Waals surface area contributed by atoms with E-state index in [1.165, 1.54) is 7.11 Å². The Bertz CT molecular complexity index is 563. The smallest absolute Gasteiger partial charge is 0.307 e. The maximum atomic E-state index is 11.1. The summed E-state index contributed by atoms with van der Waals surface area (Å²) in [5.41, 5.74) is 1.92. The lowest BCUT2D eigenvalue weighted by Crippen LogP contribution is -2.06. The second-order valence-electron chi connectivity index (χ2n) is 3.84. The Hall–Kier alpha value is -1.55. The van der Waals surface area contributed by atoms with Gasteiger partial charge in [0.2, 0.25) is 0 Å². The summed E-state index contributed by atoms with van der Waals surface area (Å²) in [6.07, 6.45) is 2.30. The van der Waals surface area contributed by atoms with Crippen LogP contribution in [0.5, 0.6) is 0 Å². The van der Waals surface area contributed by atoms with Crippen molar-refractivity contribution >= 4 is 28.6 Å². The Morgan fingerprint density at radius 2 is 2.29 bits per heavy atom. The van der Waals surface area contributed by atoms with Crippen LogP contribution in [0.1, 0.15) is 12.0 Å². The number of aryl methyl sites for hydroxylation is 2. The number of fused-ring (bicyclic) bond motifs is 1. The van der Waals surface area contributed by atoms with Gasteiger partial charge in [0.25, 0.3) is 0 Å². The van der Waals surface area contributed by atoms with E-state index in [-0.39, 0.29) is 5.97 Å². The molecule has 0 radical (unpaired) electrons. The highest BCUT2D eigenvalue weighted by Crippen LogP contribution is 2.21. The van der Waals surface area contributed by atoms with Crippen molar-refractivity contribution in [3.8, 4) is 0 Å². The molecule has 0 atom stereocenters. The quantitative estimate of drug-likeness (QED) is 0.623. The van der Waals surface area contributed by atoms with Gasteiger partial charge >= 0.3 is 5.97 Å². The second kappa shape index (κ2) is 4.75. The highest BCUT2D eigenvalue weighted by molar-refractivity contribution is 6.29. The van der Waals surface area contributed by atoms with E-state index >= 15 is 0 Å². The Balaban J connectivity index is 2.34. The van der Waals surface area contributed by atoms with Crippen LogP contribution in [-0.2, 0) is 16.1 Å². The van der Waals surface area contributed by atoms with Crippen molar-refractivity contribution in [2.45, 2.75) is 19.9 Å². The van der Waals surface area contributed by atoms with Gasteiger partial charge in [-0.25, -0.2) is 4.98 Å². The molecule has 0 spiro atoms. The first-order valence-corrected chi connectivity index (χ1v) is 5.68. The first-order chi connectivity index (χ1) is 8.11. The Kier molecular flexibility index (Phi) is 3.33. The molecule has 0 saturated carbocycles. The first kappa shape index (κ1) is 11.9. The average molecular weight is 253 g/mol. The minimum atomic E-state index is -0.230. The summed E-state index contributed by atoms with van der Waals surface area (Å²) in [7, 11) is 1.39. The zero-order valence-corrected chi connectivity index (χ0v) is 10.5. The molecule has 0 bridgehead atoms. The van der Waals surface area contributed by atoms with Crippen LogP contribution >= 0.6 is 11.6 Å². The SMILES string of the molecule is COC(=O)CCn1cc(C)c2ccc(Cl)nc21. The van der Waals surface area contributed by atoms with Crippen LogP contribution in [0.3, 0.4) is 0 Å². The molecule has 2 rings (SSSR count). The van der Waals surface area contributed by atoms with E-state index in [1.54, 1.807) is 6.07 Å². The maximum absolute atomic E-state index is 11.1. The summed E-state index contributed by atoms with van der Waals surface area (Å²) >= 11 is 5.87. The van der Waals surface area contributed by atoms with Crippen LogP contribution < -0.4 is 0 Å². The molecule has 4 nitrogen and oxygen atoms in total. The van der Waals surface area contributed by atoms with E-state index in [0.29, 0.717) is 18.1 Å². The lowest BCUT2D eigenvalue weighted by atomic mass is 10.2. The van der Waals surface area contributed by atoms with Crippen LogP contribution in [0.25, 0.3) is 11.0 Å². The van der Waals surface area contributed by atoms with Crippen molar-refractivity contribution in [2.24, 2.45) is 0 Å². The number of esters is 1. The molecule has 0 fully saturated rings. The summed E-state index contributed by atoms with van der Waals surface area (Å²) in [5.74, 6) is -0.230. The Labute approximate surface area is 104 Å². The third-order valence-electron chi connectivity index (χ3n) is 2.67. The van der Waals surface area contributed by atoms with Crippen LogP contribution in [0.15, 0.2) is 18.3 Å². The fourth-order valence-electron chi connectivity index (χ4n) is 1.80. The Morgan fingerprint density at radius 3 is 3.00 bits per heavy atom. The van der Waals surface area contributed by atoms with Gasteiger partial charge in [-0.1, -0.05) is 11.6 Å². The molecule has 5 heteroatoms. The summed E-state index contributed by atoms with van der Waals surface area (Å²) in [6.45, 7) is 2.55. The highest BCUT2D eigenvalue weighted by atomic mass is 35.5. The van der Waals surface area contributed by atoms with Gasteiger partial charge in [0, 0.05) is 18.1 Å². The fraction of sp³-hybridized carbons (Fsp3) is 0.333. The molecular weight excluding hydrogens is 240 g/mol. The zero-order valence-electron chi connectivity index (χ0n) is 9.74. The number of carbonyl (C=O) groups is 1. The molecule has 2 aromatic heterocycles. The van der Waals surface area contributed by atoms with E-state index in [4.69, 9.17) is 11.6 Å².